The first-order valence-corrected chi connectivity index (χ1v) is 5.96. The summed E-state index contributed by atoms with van der Waals surface area (Å²) in [5.74, 6) is 0. The topological polar surface area (TPSA) is 73.6 Å². The van der Waals surface area contributed by atoms with Gasteiger partial charge < -0.3 is 15.2 Å². The molecular weight excluding hydrogens is 232 g/mol. The van der Waals surface area contributed by atoms with Crippen molar-refractivity contribution < 1.29 is 14.3 Å². The summed E-state index contributed by atoms with van der Waals surface area (Å²) < 4.78 is 10.2. The predicted octanol–water partition coefficient (Wildman–Crippen LogP) is 2.12. The molecule has 0 heterocycles. The summed E-state index contributed by atoms with van der Waals surface area (Å²) >= 11 is 0. The second-order valence-corrected chi connectivity index (χ2v) is 4.08. The molecule has 0 aromatic heterocycles. The van der Waals surface area contributed by atoms with Gasteiger partial charge in [-0.05, 0) is 31.5 Å². The molecule has 0 atom stereocenters. The number of ether oxygens (including phenoxy) is 2. The molecule has 1 amide bonds. The molecule has 100 valence electrons. The van der Waals surface area contributed by atoms with E-state index >= 15 is 0 Å². The van der Waals surface area contributed by atoms with Crippen LogP contribution in [0, 0.1) is 0 Å². The van der Waals surface area contributed by atoms with E-state index in [0.717, 1.165) is 5.56 Å². The number of nitrogens with one attached hydrogen (secondary N) is 1. The number of benzene rings is 1. The molecule has 0 spiro atoms. The molecule has 0 saturated heterocycles. The van der Waals surface area contributed by atoms with Gasteiger partial charge in [0.25, 0.3) is 0 Å². The number of rotatable bonds is 6. The van der Waals surface area contributed by atoms with E-state index in [9.17, 15) is 4.79 Å². The summed E-state index contributed by atoms with van der Waals surface area (Å²) in [6, 6.07) is 7.29. The molecule has 0 bridgehead atoms. The molecule has 0 aliphatic heterocycles. The van der Waals surface area contributed by atoms with E-state index in [4.69, 9.17) is 15.2 Å². The van der Waals surface area contributed by atoms with E-state index in [1.165, 1.54) is 0 Å². The van der Waals surface area contributed by atoms with Gasteiger partial charge in [0.2, 0.25) is 0 Å². The fraction of sp³-hybridized carbons (Fsp3) is 0.462. The van der Waals surface area contributed by atoms with Gasteiger partial charge in [-0.25, -0.2) is 4.79 Å². The van der Waals surface area contributed by atoms with E-state index in [2.05, 4.69) is 5.32 Å². The van der Waals surface area contributed by atoms with Crippen LogP contribution < -0.4 is 11.1 Å². The van der Waals surface area contributed by atoms with Crippen molar-refractivity contribution in [2.45, 2.75) is 26.5 Å². The highest BCUT2D eigenvalue weighted by Crippen LogP contribution is 2.09. The quantitative estimate of drug-likeness (QED) is 0.760. The third kappa shape index (κ3) is 5.65. The van der Waals surface area contributed by atoms with Crippen LogP contribution in [0.25, 0.3) is 0 Å². The first kappa shape index (κ1) is 14.5. The van der Waals surface area contributed by atoms with Gasteiger partial charge in [0, 0.05) is 12.2 Å². The molecule has 1 aromatic rings. The fourth-order valence-corrected chi connectivity index (χ4v) is 1.30. The highest BCUT2D eigenvalue weighted by molar-refractivity contribution is 5.84. The Hall–Kier alpha value is -1.59. The van der Waals surface area contributed by atoms with Crippen LogP contribution in [0.15, 0.2) is 24.3 Å². The van der Waals surface area contributed by atoms with Crippen LogP contribution in [-0.4, -0.2) is 25.4 Å². The number of hydrogen-bond donors (Lipinski definition) is 2. The lowest BCUT2D eigenvalue weighted by Crippen LogP contribution is -2.18. The average molecular weight is 252 g/mol. The third-order valence-corrected chi connectivity index (χ3v) is 2.20. The Morgan fingerprint density at radius 2 is 1.94 bits per heavy atom. The van der Waals surface area contributed by atoms with Crippen LogP contribution in [0.2, 0.25) is 0 Å². The van der Waals surface area contributed by atoms with Gasteiger partial charge in [-0.15, -0.1) is 0 Å². The zero-order valence-corrected chi connectivity index (χ0v) is 10.8. The summed E-state index contributed by atoms with van der Waals surface area (Å²) in [4.78, 5) is 11.4. The minimum atomic E-state index is -0.483. The van der Waals surface area contributed by atoms with Crippen molar-refractivity contribution in [3.63, 3.8) is 0 Å². The Kier molecular flexibility index (Phi) is 6.18. The summed E-state index contributed by atoms with van der Waals surface area (Å²) in [7, 11) is 0. The molecule has 0 fully saturated rings. The van der Waals surface area contributed by atoms with E-state index in [-0.39, 0.29) is 12.7 Å². The summed E-state index contributed by atoms with van der Waals surface area (Å²) in [5.41, 5.74) is 7.18. The smallest absolute Gasteiger partial charge is 0.411 e. The lowest BCUT2D eigenvalue weighted by Gasteiger charge is -2.09. The van der Waals surface area contributed by atoms with Crippen molar-refractivity contribution in [1.82, 2.24) is 0 Å². The van der Waals surface area contributed by atoms with Crippen molar-refractivity contribution in [3.05, 3.63) is 29.8 Å². The zero-order chi connectivity index (χ0) is 13.4. The molecule has 1 aromatic carbocycles. The normalized spacial score (nSPS) is 10.4. The Balaban J connectivity index is 2.26. The zero-order valence-electron chi connectivity index (χ0n) is 10.8. The van der Waals surface area contributed by atoms with Gasteiger partial charge in [-0.3, -0.25) is 5.32 Å². The molecule has 0 radical (unpaired) electrons. The van der Waals surface area contributed by atoms with Crippen molar-refractivity contribution in [2.24, 2.45) is 5.73 Å². The van der Waals surface area contributed by atoms with Crippen molar-refractivity contribution in [3.8, 4) is 0 Å². The van der Waals surface area contributed by atoms with Crippen LogP contribution in [0.3, 0.4) is 0 Å². The van der Waals surface area contributed by atoms with E-state index in [0.29, 0.717) is 18.8 Å². The molecule has 3 N–H and O–H groups in total. The average Bonchev–Trinajstić information content (AvgIpc) is 2.35. The highest BCUT2D eigenvalue weighted by atomic mass is 16.6. The van der Waals surface area contributed by atoms with Gasteiger partial charge in [0.15, 0.2) is 0 Å². The minimum absolute atomic E-state index is 0.139. The first-order chi connectivity index (χ1) is 8.61. The van der Waals surface area contributed by atoms with Crippen LogP contribution in [0.4, 0.5) is 10.5 Å². The van der Waals surface area contributed by atoms with Gasteiger partial charge in [0.05, 0.1) is 12.7 Å². The van der Waals surface area contributed by atoms with Crippen molar-refractivity contribution in [2.75, 3.05) is 18.5 Å². The van der Waals surface area contributed by atoms with Crippen LogP contribution in [0.1, 0.15) is 19.4 Å². The largest absolute Gasteiger partial charge is 0.447 e. The SMILES string of the molecule is CC(C)OCCOC(=O)Nc1ccc(CN)cc1. The lowest BCUT2D eigenvalue weighted by molar-refractivity contribution is 0.0427. The van der Waals surface area contributed by atoms with Crippen molar-refractivity contribution >= 4 is 11.8 Å². The van der Waals surface area contributed by atoms with E-state index in [1.807, 2.05) is 26.0 Å². The molecule has 5 nitrogen and oxygen atoms in total. The highest BCUT2D eigenvalue weighted by Gasteiger charge is 2.03. The molecule has 0 unspecified atom stereocenters. The monoisotopic (exact) mass is 252 g/mol. The third-order valence-electron chi connectivity index (χ3n) is 2.20. The van der Waals surface area contributed by atoms with Crippen LogP contribution in [-0.2, 0) is 16.0 Å². The molecule has 18 heavy (non-hydrogen) atoms. The number of hydrogen-bond acceptors (Lipinski definition) is 4. The first-order valence-electron chi connectivity index (χ1n) is 5.96. The molecule has 0 aliphatic rings. The van der Waals surface area contributed by atoms with Crippen LogP contribution >= 0.6 is 0 Å². The number of nitrogens with two attached hydrogens (primary N) is 1. The van der Waals surface area contributed by atoms with E-state index < -0.39 is 6.09 Å². The summed E-state index contributed by atoms with van der Waals surface area (Å²) in [6.07, 6.45) is -0.344. The summed E-state index contributed by atoms with van der Waals surface area (Å²) in [5, 5.41) is 2.62. The fourth-order valence-electron chi connectivity index (χ4n) is 1.30. The molecule has 0 saturated carbocycles. The van der Waals surface area contributed by atoms with Gasteiger partial charge >= 0.3 is 6.09 Å². The Morgan fingerprint density at radius 3 is 2.50 bits per heavy atom. The molecular formula is C13H20N2O3. The maximum atomic E-state index is 11.4. The van der Waals surface area contributed by atoms with E-state index in [1.54, 1.807) is 12.1 Å². The standard InChI is InChI=1S/C13H20N2O3/c1-10(2)17-7-8-18-13(16)15-12-5-3-11(9-14)4-6-12/h3-6,10H,7-9,14H2,1-2H3,(H,15,16). The summed E-state index contributed by atoms with van der Waals surface area (Å²) in [6.45, 7) is 4.98. The Bertz CT molecular complexity index is 363. The van der Waals surface area contributed by atoms with Crippen molar-refractivity contribution in [1.29, 1.82) is 0 Å². The second-order valence-electron chi connectivity index (χ2n) is 4.08. The number of amides is 1. The minimum Gasteiger partial charge on any atom is -0.447 e. The predicted molar refractivity (Wildman–Crippen MR) is 70.4 cm³/mol. The maximum Gasteiger partial charge on any atom is 0.411 e. The lowest BCUT2D eigenvalue weighted by atomic mass is 10.2. The second kappa shape index (κ2) is 7.68. The molecule has 5 heteroatoms. The molecule has 1 rings (SSSR count). The van der Waals surface area contributed by atoms with Gasteiger partial charge in [-0.1, -0.05) is 12.1 Å². The number of anilines is 1. The van der Waals surface area contributed by atoms with Crippen LogP contribution in [0.5, 0.6) is 0 Å². The maximum absolute atomic E-state index is 11.4. The Labute approximate surface area is 107 Å². The van der Waals surface area contributed by atoms with Gasteiger partial charge in [0.1, 0.15) is 6.61 Å². The number of carbonyl (C=O) groups is 1. The number of carbonyl (C=O) groups excluding carboxylic acids is 1. The molecule has 0 aliphatic carbocycles. The Morgan fingerprint density at radius 1 is 1.28 bits per heavy atom. The van der Waals surface area contributed by atoms with Gasteiger partial charge in [-0.2, -0.15) is 0 Å².